The van der Waals surface area contributed by atoms with E-state index < -0.39 is 17.2 Å². The van der Waals surface area contributed by atoms with Gasteiger partial charge in [0.2, 0.25) is 0 Å². The summed E-state index contributed by atoms with van der Waals surface area (Å²) in [6.07, 6.45) is 1.15. The highest BCUT2D eigenvalue weighted by Gasteiger charge is 2.16. The number of H-pyrrole nitrogens is 1. The lowest BCUT2D eigenvalue weighted by molar-refractivity contribution is 0.102. The average Bonchev–Trinajstić information content (AvgIpc) is 2.57. The summed E-state index contributed by atoms with van der Waals surface area (Å²) in [4.78, 5) is 40.2. The molecular weight excluding hydrogens is 342 g/mol. The minimum absolute atomic E-state index is 0.132. The van der Waals surface area contributed by atoms with E-state index in [2.05, 4.69) is 10.3 Å². The van der Waals surface area contributed by atoms with Crippen molar-refractivity contribution in [1.82, 2.24) is 9.55 Å². The third-order valence-corrected chi connectivity index (χ3v) is 4.45. The second kappa shape index (κ2) is 7.07. The molecule has 1 aromatic heterocycles. The third kappa shape index (κ3) is 3.74. The SMILES string of the molecule is Cc1cc(C)cc(NC(=O)c2c[nH]c(=O)n(-c3ccc(C)c(C)c3)c2=O)c1. The lowest BCUT2D eigenvalue weighted by atomic mass is 10.1. The van der Waals surface area contributed by atoms with Crippen molar-refractivity contribution in [2.24, 2.45) is 0 Å². The van der Waals surface area contributed by atoms with Crippen molar-refractivity contribution in [3.05, 3.63) is 91.3 Å². The van der Waals surface area contributed by atoms with Gasteiger partial charge in [0, 0.05) is 11.9 Å². The number of benzene rings is 2. The first-order chi connectivity index (χ1) is 12.8. The summed E-state index contributed by atoms with van der Waals surface area (Å²) in [7, 11) is 0. The Kier molecular flexibility index (Phi) is 4.81. The molecule has 0 aliphatic rings. The molecule has 0 unspecified atom stereocenters. The number of carbonyl (C=O) groups excluding carboxylic acids is 1. The van der Waals surface area contributed by atoms with Gasteiger partial charge in [0.15, 0.2) is 0 Å². The summed E-state index contributed by atoms with van der Waals surface area (Å²) < 4.78 is 0.975. The Morgan fingerprint density at radius 1 is 0.926 bits per heavy atom. The molecule has 0 spiro atoms. The standard InChI is InChI=1S/C21H21N3O3/c1-12-7-13(2)9-16(8-12)23-19(25)18-11-22-21(27)24(20(18)26)17-6-5-14(3)15(4)10-17/h5-11H,1-4H3,(H,22,27)(H,23,25). The molecule has 0 aliphatic heterocycles. The van der Waals surface area contributed by atoms with Crippen molar-refractivity contribution in [2.45, 2.75) is 27.7 Å². The maximum absolute atomic E-state index is 12.8. The van der Waals surface area contributed by atoms with Crippen LogP contribution in [0.3, 0.4) is 0 Å². The second-order valence-electron chi connectivity index (χ2n) is 6.75. The van der Waals surface area contributed by atoms with Crippen LogP contribution in [-0.2, 0) is 0 Å². The van der Waals surface area contributed by atoms with Crippen LogP contribution in [0.4, 0.5) is 5.69 Å². The molecule has 0 saturated heterocycles. The molecule has 0 bridgehead atoms. The second-order valence-corrected chi connectivity index (χ2v) is 6.75. The van der Waals surface area contributed by atoms with Crippen LogP contribution in [0.5, 0.6) is 0 Å². The van der Waals surface area contributed by atoms with Gasteiger partial charge in [-0.2, -0.15) is 0 Å². The van der Waals surface area contributed by atoms with E-state index in [4.69, 9.17) is 0 Å². The van der Waals surface area contributed by atoms with E-state index in [1.165, 1.54) is 0 Å². The number of aryl methyl sites for hydroxylation is 4. The number of rotatable bonds is 3. The molecule has 3 aromatic rings. The molecule has 27 heavy (non-hydrogen) atoms. The van der Waals surface area contributed by atoms with E-state index in [1.807, 2.05) is 52.0 Å². The number of carbonyl (C=O) groups is 1. The van der Waals surface area contributed by atoms with Crippen LogP contribution in [0.2, 0.25) is 0 Å². The fourth-order valence-corrected chi connectivity index (χ4v) is 2.98. The molecule has 138 valence electrons. The monoisotopic (exact) mass is 363 g/mol. The number of amides is 1. The molecule has 2 N–H and O–H groups in total. The maximum atomic E-state index is 12.8. The quantitative estimate of drug-likeness (QED) is 0.750. The Bertz CT molecular complexity index is 1140. The van der Waals surface area contributed by atoms with E-state index in [0.717, 1.165) is 33.0 Å². The normalized spacial score (nSPS) is 10.7. The highest BCUT2D eigenvalue weighted by Crippen LogP contribution is 2.15. The van der Waals surface area contributed by atoms with Gasteiger partial charge in [-0.3, -0.25) is 9.59 Å². The third-order valence-electron chi connectivity index (χ3n) is 4.45. The van der Waals surface area contributed by atoms with Crippen LogP contribution in [-0.4, -0.2) is 15.5 Å². The molecule has 0 fully saturated rings. The zero-order valence-corrected chi connectivity index (χ0v) is 15.7. The zero-order valence-electron chi connectivity index (χ0n) is 15.7. The van der Waals surface area contributed by atoms with Gasteiger partial charge < -0.3 is 10.3 Å². The molecule has 3 rings (SSSR count). The molecular formula is C21H21N3O3. The first kappa shape index (κ1) is 18.4. The van der Waals surface area contributed by atoms with Crippen LogP contribution >= 0.6 is 0 Å². The van der Waals surface area contributed by atoms with Gasteiger partial charge in [0.1, 0.15) is 5.56 Å². The molecule has 2 aromatic carbocycles. The Balaban J connectivity index is 2.04. The zero-order chi connectivity index (χ0) is 19.7. The van der Waals surface area contributed by atoms with Crippen LogP contribution in [0.15, 0.2) is 52.2 Å². The van der Waals surface area contributed by atoms with Crippen molar-refractivity contribution in [2.75, 3.05) is 5.32 Å². The Morgan fingerprint density at radius 2 is 1.59 bits per heavy atom. The van der Waals surface area contributed by atoms with Crippen LogP contribution < -0.4 is 16.6 Å². The molecule has 0 radical (unpaired) electrons. The van der Waals surface area contributed by atoms with Gasteiger partial charge in [0.25, 0.3) is 11.5 Å². The van der Waals surface area contributed by atoms with E-state index in [-0.39, 0.29) is 5.56 Å². The van der Waals surface area contributed by atoms with Crippen molar-refractivity contribution < 1.29 is 4.79 Å². The van der Waals surface area contributed by atoms with Crippen molar-refractivity contribution in [3.8, 4) is 5.69 Å². The van der Waals surface area contributed by atoms with Crippen molar-refractivity contribution in [1.29, 1.82) is 0 Å². The molecule has 6 nitrogen and oxygen atoms in total. The van der Waals surface area contributed by atoms with E-state index in [9.17, 15) is 14.4 Å². The van der Waals surface area contributed by atoms with Crippen molar-refractivity contribution >= 4 is 11.6 Å². The number of nitrogens with zero attached hydrogens (tertiary/aromatic N) is 1. The smallest absolute Gasteiger partial charge is 0.322 e. The lowest BCUT2D eigenvalue weighted by Gasteiger charge is -2.10. The highest BCUT2D eigenvalue weighted by molar-refractivity contribution is 6.03. The molecule has 0 saturated carbocycles. The first-order valence-electron chi connectivity index (χ1n) is 8.58. The molecule has 1 amide bonds. The number of nitrogens with one attached hydrogen (secondary N) is 2. The van der Waals surface area contributed by atoms with Gasteiger partial charge in [-0.05, 0) is 74.2 Å². The first-order valence-corrected chi connectivity index (χ1v) is 8.58. The van der Waals surface area contributed by atoms with Crippen molar-refractivity contribution in [3.63, 3.8) is 0 Å². The number of hydrogen-bond donors (Lipinski definition) is 2. The molecule has 1 heterocycles. The molecule has 0 aliphatic carbocycles. The predicted molar refractivity (Wildman–Crippen MR) is 106 cm³/mol. The summed E-state index contributed by atoms with van der Waals surface area (Å²) in [5.74, 6) is -0.571. The number of anilines is 1. The van der Waals surface area contributed by atoms with Gasteiger partial charge in [-0.25, -0.2) is 9.36 Å². The maximum Gasteiger partial charge on any atom is 0.333 e. The lowest BCUT2D eigenvalue weighted by Crippen LogP contribution is -2.38. The average molecular weight is 363 g/mol. The Labute approximate surface area is 156 Å². The van der Waals surface area contributed by atoms with E-state index >= 15 is 0 Å². The topological polar surface area (TPSA) is 84.0 Å². The van der Waals surface area contributed by atoms with Gasteiger partial charge in [-0.15, -0.1) is 0 Å². The Morgan fingerprint density at radius 3 is 2.22 bits per heavy atom. The van der Waals surface area contributed by atoms with E-state index in [0.29, 0.717) is 11.4 Å². The summed E-state index contributed by atoms with van der Waals surface area (Å²) >= 11 is 0. The Hall–Kier alpha value is -3.41. The van der Waals surface area contributed by atoms with E-state index in [1.54, 1.807) is 12.1 Å². The fourth-order valence-electron chi connectivity index (χ4n) is 2.98. The van der Waals surface area contributed by atoms with Gasteiger partial charge in [0.05, 0.1) is 5.69 Å². The molecule has 0 atom stereocenters. The highest BCUT2D eigenvalue weighted by atomic mass is 16.2. The van der Waals surface area contributed by atoms with Crippen LogP contribution in [0.1, 0.15) is 32.6 Å². The minimum atomic E-state index is -0.663. The van der Waals surface area contributed by atoms with Gasteiger partial charge >= 0.3 is 5.69 Å². The number of aromatic amines is 1. The van der Waals surface area contributed by atoms with Crippen LogP contribution in [0.25, 0.3) is 5.69 Å². The minimum Gasteiger partial charge on any atom is -0.322 e. The predicted octanol–water partition coefficient (Wildman–Crippen LogP) is 3.01. The number of aromatic nitrogens is 2. The molecule has 6 heteroatoms. The number of hydrogen-bond acceptors (Lipinski definition) is 3. The van der Waals surface area contributed by atoms with Gasteiger partial charge in [-0.1, -0.05) is 12.1 Å². The summed E-state index contributed by atoms with van der Waals surface area (Å²) in [5, 5.41) is 2.73. The summed E-state index contributed by atoms with van der Waals surface area (Å²) in [5.41, 5.74) is 3.63. The summed E-state index contributed by atoms with van der Waals surface area (Å²) in [6.45, 7) is 7.69. The largest absolute Gasteiger partial charge is 0.333 e. The summed E-state index contributed by atoms with van der Waals surface area (Å²) in [6, 6.07) is 10.9. The van der Waals surface area contributed by atoms with Crippen LogP contribution in [0, 0.1) is 27.7 Å². The fraction of sp³-hybridized carbons (Fsp3) is 0.190.